The lowest BCUT2D eigenvalue weighted by Crippen LogP contribution is -2.53. The van der Waals surface area contributed by atoms with Crippen LogP contribution >= 0.6 is 11.6 Å². The Bertz CT molecular complexity index is 781. The van der Waals surface area contributed by atoms with Gasteiger partial charge in [-0.1, -0.05) is 17.7 Å². The van der Waals surface area contributed by atoms with Crippen LogP contribution < -0.4 is 0 Å². The molecule has 1 N–H and O–H groups in total. The highest BCUT2D eigenvalue weighted by atomic mass is 35.5. The first-order valence-corrected chi connectivity index (χ1v) is 9.58. The quantitative estimate of drug-likeness (QED) is 0.503. The molecule has 4 unspecified atom stereocenters. The highest BCUT2D eigenvalue weighted by molar-refractivity contribution is 6.31. The molecule has 0 bridgehead atoms. The maximum absolute atomic E-state index is 14.8. The number of aliphatic imine (C=N–C) groups is 1. The number of aliphatic carboxylic acids is 1. The van der Waals surface area contributed by atoms with Gasteiger partial charge in [-0.2, -0.15) is 0 Å². The summed E-state index contributed by atoms with van der Waals surface area (Å²) < 4.78 is 30.7. The number of carboxylic acids is 1. The summed E-state index contributed by atoms with van der Waals surface area (Å²) in [6.07, 6.45) is 0. The molecule has 1 aliphatic rings. The molecule has 1 heterocycles. The molecule has 160 valence electrons. The minimum atomic E-state index is -1.56. The number of benzene rings is 1. The number of carboxylic acid groups (broad SMARTS) is 1. The van der Waals surface area contributed by atoms with Crippen LogP contribution in [0.3, 0.4) is 0 Å². The van der Waals surface area contributed by atoms with E-state index >= 15 is 0 Å². The monoisotopic (exact) mass is 429 g/mol. The van der Waals surface area contributed by atoms with Gasteiger partial charge in [0.1, 0.15) is 17.7 Å². The van der Waals surface area contributed by atoms with Crippen LogP contribution in [-0.2, 0) is 23.8 Å². The molecule has 0 fully saturated rings. The minimum Gasteiger partial charge on any atom is -0.481 e. The van der Waals surface area contributed by atoms with E-state index in [1.165, 1.54) is 32.2 Å². The fourth-order valence-corrected chi connectivity index (χ4v) is 4.11. The lowest BCUT2D eigenvalue weighted by atomic mass is 9.68. The van der Waals surface area contributed by atoms with E-state index in [1.54, 1.807) is 13.8 Å². The highest BCUT2D eigenvalue weighted by Crippen LogP contribution is 2.48. The predicted molar refractivity (Wildman–Crippen MR) is 105 cm³/mol. The van der Waals surface area contributed by atoms with Crippen molar-refractivity contribution >= 4 is 29.3 Å². The second-order valence-corrected chi connectivity index (χ2v) is 7.26. The smallest absolute Gasteiger partial charge is 0.315 e. The molecule has 1 aromatic rings. The number of hydrogen-bond donors (Lipinski definition) is 1. The highest BCUT2D eigenvalue weighted by Gasteiger charge is 2.56. The standard InChI is InChI=1S/C20H25ClFNO6/c1-5-28-19(26)14-11(2)23-20(3,29-10-9-27-4)17(18(24)25)16(14)15-12(21)7-6-8-13(15)22/h6-8,14,16-17H,5,9-10H2,1-4H3,(H,24,25). The molecular formula is C20H25ClFNO6. The lowest BCUT2D eigenvalue weighted by molar-refractivity contribution is -0.164. The summed E-state index contributed by atoms with van der Waals surface area (Å²) >= 11 is 6.26. The Balaban J connectivity index is 2.71. The number of esters is 1. The van der Waals surface area contributed by atoms with Gasteiger partial charge < -0.3 is 19.3 Å². The van der Waals surface area contributed by atoms with Crippen molar-refractivity contribution in [2.75, 3.05) is 26.9 Å². The first kappa shape index (κ1) is 23.3. The number of hydrogen-bond acceptors (Lipinski definition) is 6. The van der Waals surface area contributed by atoms with Crippen LogP contribution in [0.15, 0.2) is 23.2 Å². The number of carbonyl (C=O) groups is 2. The Hall–Kier alpha value is -2.03. The molecule has 2 rings (SSSR count). The molecule has 7 nitrogen and oxygen atoms in total. The summed E-state index contributed by atoms with van der Waals surface area (Å²) in [4.78, 5) is 29.5. The number of ether oxygens (including phenoxy) is 3. The molecule has 4 atom stereocenters. The molecule has 9 heteroatoms. The third kappa shape index (κ3) is 4.76. The maximum atomic E-state index is 14.8. The summed E-state index contributed by atoms with van der Waals surface area (Å²) in [6, 6.07) is 4.03. The van der Waals surface area contributed by atoms with Crippen LogP contribution in [0.4, 0.5) is 4.39 Å². The van der Waals surface area contributed by atoms with E-state index in [9.17, 15) is 19.1 Å². The Morgan fingerprint density at radius 2 is 2.03 bits per heavy atom. The van der Waals surface area contributed by atoms with E-state index < -0.39 is 41.2 Å². The second-order valence-electron chi connectivity index (χ2n) is 6.86. The number of nitrogens with zero attached hydrogens (tertiary/aromatic N) is 1. The Morgan fingerprint density at radius 3 is 2.59 bits per heavy atom. The average Bonchev–Trinajstić information content (AvgIpc) is 2.61. The summed E-state index contributed by atoms with van der Waals surface area (Å²) in [6.45, 7) is 5.05. The van der Waals surface area contributed by atoms with Gasteiger partial charge in [0, 0.05) is 29.3 Å². The molecule has 0 spiro atoms. The van der Waals surface area contributed by atoms with Crippen LogP contribution in [-0.4, -0.2) is 55.4 Å². The number of rotatable bonds is 8. The van der Waals surface area contributed by atoms with Gasteiger partial charge in [-0.3, -0.25) is 14.6 Å². The van der Waals surface area contributed by atoms with Crippen molar-refractivity contribution in [3.05, 3.63) is 34.6 Å². The van der Waals surface area contributed by atoms with E-state index in [0.29, 0.717) is 0 Å². The largest absolute Gasteiger partial charge is 0.481 e. The third-order valence-corrected chi connectivity index (χ3v) is 5.29. The topological polar surface area (TPSA) is 94.4 Å². The van der Waals surface area contributed by atoms with Crippen molar-refractivity contribution < 1.29 is 33.3 Å². The fourth-order valence-electron chi connectivity index (χ4n) is 3.82. The van der Waals surface area contributed by atoms with E-state index in [-0.39, 0.29) is 36.1 Å². The van der Waals surface area contributed by atoms with Gasteiger partial charge in [0.25, 0.3) is 0 Å². The molecule has 0 radical (unpaired) electrons. The van der Waals surface area contributed by atoms with E-state index in [4.69, 9.17) is 25.8 Å². The van der Waals surface area contributed by atoms with Crippen LogP contribution in [0, 0.1) is 17.7 Å². The molecular weight excluding hydrogens is 405 g/mol. The zero-order valence-electron chi connectivity index (χ0n) is 16.8. The van der Waals surface area contributed by atoms with E-state index in [0.717, 1.165) is 0 Å². The normalized spacial score (nSPS) is 26.7. The van der Waals surface area contributed by atoms with Crippen molar-refractivity contribution in [2.45, 2.75) is 32.4 Å². The third-order valence-electron chi connectivity index (χ3n) is 4.97. The predicted octanol–water partition coefficient (Wildman–Crippen LogP) is 3.30. The first-order valence-electron chi connectivity index (χ1n) is 9.20. The molecule has 0 saturated carbocycles. The molecule has 0 aliphatic carbocycles. The van der Waals surface area contributed by atoms with Crippen LogP contribution in [0.2, 0.25) is 5.02 Å². The summed E-state index contributed by atoms with van der Waals surface area (Å²) in [7, 11) is 1.48. The van der Waals surface area contributed by atoms with Gasteiger partial charge in [-0.05, 0) is 32.9 Å². The molecule has 0 aromatic heterocycles. The van der Waals surface area contributed by atoms with Gasteiger partial charge in [0.15, 0.2) is 5.72 Å². The van der Waals surface area contributed by atoms with Crippen molar-refractivity contribution in [2.24, 2.45) is 16.8 Å². The molecule has 1 aromatic carbocycles. The lowest BCUT2D eigenvalue weighted by Gasteiger charge is -2.44. The van der Waals surface area contributed by atoms with Crippen molar-refractivity contribution in [3.63, 3.8) is 0 Å². The summed E-state index contributed by atoms with van der Waals surface area (Å²) in [5.74, 6) is -6.39. The minimum absolute atomic E-state index is 0.0180. The summed E-state index contributed by atoms with van der Waals surface area (Å²) in [5, 5.41) is 10.1. The van der Waals surface area contributed by atoms with Crippen molar-refractivity contribution in [1.82, 2.24) is 0 Å². The van der Waals surface area contributed by atoms with Crippen LogP contribution in [0.25, 0.3) is 0 Å². The number of carbonyl (C=O) groups excluding carboxylic acids is 1. The molecule has 29 heavy (non-hydrogen) atoms. The zero-order valence-corrected chi connectivity index (χ0v) is 17.5. The Morgan fingerprint density at radius 1 is 1.34 bits per heavy atom. The van der Waals surface area contributed by atoms with Crippen molar-refractivity contribution in [3.8, 4) is 0 Å². The molecule has 0 amide bonds. The van der Waals surface area contributed by atoms with Gasteiger partial charge in [0.05, 0.1) is 19.8 Å². The first-order chi connectivity index (χ1) is 13.7. The fraction of sp³-hybridized carbons (Fsp3) is 0.550. The van der Waals surface area contributed by atoms with Crippen molar-refractivity contribution in [1.29, 1.82) is 0 Å². The molecule has 1 aliphatic heterocycles. The number of halogens is 2. The Kier molecular flexibility index (Phi) is 7.73. The van der Waals surface area contributed by atoms with Crippen LogP contribution in [0.1, 0.15) is 32.3 Å². The molecule has 0 saturated heterocycles. The van der Waals surface area contributed by atoms with Gasteiger partial charge in [-0.25, -0.2) is 4.39 Å². The average molecular weight is 430 g/mol. The van der Waals surface area contributed by atoms with Crippen LogP contribution in [0.5, 0.6) is 0 Å². The SMILES string of the molecule is CCOC(=O)C1C(C)=NC(C)(OCCOC)C(C(=O)O)C1c1c(F)cccc1Cl. The maximum Gasteiger partial charge on any atom is 0.315 e. The zero-order chi connectivity index (χ0) is 21.8. The van der Waals surface area contributed by atoms with Gasteiger partial charge >= 0.3 is 11.9 Å². The summed E-state index contributed by atoms with van der Waals surface area (Å²) in [5.41, 5.74) is -1.35. The Labute approximate surface area is 173 Å². The number of methoxy groups -OCH3 is 1. The van der Waals surface area contributed by atoms with E-state index in [2.05, 4.69) is 4.99 Å². The second kappa shape index (κ2) is 9.65. The van der Waals surface area contributed by atoms with E-state index in [1.807, 2.05) is 0 Å². The van der Waals surface area contributed by atoms with Gasteiger partial charge in [0.2, 0.25) is 0 Å². The van der Waals surface area contributed by atoms with Gasteiger partial charge in [-0.15, -0.1) is 0 Å².